The first-order valence-electron chi connectivity index (χ1n) is 6.78. The Bertz CT molecular complexity index is 566. The second-order valence-electron chi connectivity index (χ2n) is 5.08. The highest BCUT2D eigenvalue weighted by atomic mass is 79.9. The quantitative estimate of drug-likeness (QED) is 0.880. The third kappa shape index (κ3) is 3.84. The molecule has 2 nitrogen and oxygen atoms in total. The van der Waals surface area contributed by atoms with Gasteiger partial charge in [-0.1, -0.05) is 53.2 Å². The van der Waals surface area contributed by atoms with Gasteiger partial charge < -0.3 is 10.5 Å². The van der Waals surface area contributed by atoms with Crippen LogP contribution in [-0.4, -0.2) is 6.54 Å². The van der Waals surface area contributed by atoms with Crippen molar-refractivity contribution in [2.75, 3.05) is 6.54 Å². The molecule has 0 fully saturated rings. The van der Waals surface area contributed by atoms with Crippen LogP contribution in [0.4, 0.5) is 0 Å². The lowest BCUT2D eigenvalue weighted by atomic mass is 10.0. The smallest absolute Gasteiger partial charge is 0.123 e. The summed E-state index contributed by atoms with van der Waals surface area (Å²) in [7, 11) is 0. The van der Waals surface area contributed by atoms with Crippen molar-refractivity contribution < 1.29 is 4.74 Å². The normalized spacial score (nSPS) is 12.2. The second-order valence-corrected chi connectivity index (χ2v) is 5.99. The fourth-order valence-corrected chi connectivity index (χ4v) is 2.31. The lowest BCUT2D eigenvalue weighted by Crippen LogP contribution is -2.08. The lowest BCUT2D eigenvalue weighted by Gasteiger charge is -2.12. The summed E-state index contributed by atoms with van der Waals surface area (Å²) in [5.74, 6) is 1.32. The van der Waals surface area contributed by atoms with E-state index in [1.165, 1.54) is 5.56 Å². The van der Waals surface area contributed by atoms with Crippen LogP contribution in [0.15, 0.2) is 46.9 Å². The molecule has 2 aromatic carbocycles. The minimum atomic E-state index is 0.400. The maximum atomic E-state index is 5.88. The van der Waals surface area contributed by atoms with Gasteiger partial charge in [0.25, 0.3) is 0 Å². The summed E-state index contributed by atoms with van der Waals surface area (Å²) in [4.78, 5) is 0. The first-order chi connectivity index (χ1) is 9.60. The van der Waals surface area contributed by atoms with Gasteiger partial charge in [0, 0.05) is 4.47 Å². The second kappa shape index (κ2) is 6.91. The SMILES string of the molecule is Cc1ccc(Br)cc1OCc1ccc(C(C)CN)cc1. The molecule has 2 N–H and O–H groups in total. The molecule has 1 atom stereocenters. The number of hydrogen-bond acceptors (Lipinski definition) is 2. The molecule has 0 saturated carbocycles. The molecule has 106 valence electrons. The summed E-state index contributed by atoms with van der Waals surface area (Å²) in [6, 6.07) is 14.5. The highest BCUT2D eigenvalue weighted by Crippen LogP contribution is 2.24. The van der Waals surface area contributed by atoms with E-state index < -0.39 is 0 Å². The lowest BCUT2D eigenvalue weighted by molar-refractivity contribution is 0.304. The molecule has 0 aromatic heterocycles. The minimum Gasteiger partial charge on any atom is -0.489 e. The van der Waals surface area contributed by atoms with Crippen LogP contribution in [0.1, 0.15) is 29.5 Å². The Kier molecular flexibility index (Phi) is 5.21. The predicted molar refractivity (Wildman–Crippen MR) is 87.1 cm³/mol. The number of hydrogen-bond donors (Lipinski definition) is 1. The molecule has 0 bridgehead atoms. The summed E-state index contributed by atoms with van der Waals surface area (Å²) in [6.45, 7) is 5.44. The van der Waals surface area contributed by atoms with Crippen molar-refractivity contribution in [1.82, 2.24) is 0 Å². The molecule has 0 radical (unpaired) electrons. The van der Waals surface area contributed by atoms with Gasteiger partial charge in [0.1, 0.15) is 12.4 Å². The summed E-state index contributed by atoms with van der Waals surface area (Å²) in [6.07, 6.45) is 0. The number of halogens is 1. The van der Waals surface area contributed by atoms with Crippen molar-refractivity contribution in [3.63, 3.8) is 0 Å². The average molecular weight is 334 g/mol. The number of aryl methyl sites for hydroxylation is 1. The van der Waals surface area contributed by atoms with Crippen LogP contribution in [-0.2, 0) is 6.61 Å². The summed E-state index contributed by atoms with van der Waals surface area (Å²) in [5.41, 5.74) is 9.26. The third-order valence-corrected chi connectivity index (χ3v) is 3.94. The van der Waals surface area contributed by atoms with Gasteiger partial charge in [-0.3, -0.25) is 0 Å². The van der Waals surface area contributed by atoms with E-state index in [1.807, 2.05) is 25.1 Å². The van der Waals surface area contributed by atoms with Crippen molar-refractivity contribution in [3.8, 4) is 5.75 Å². The maximum Gasteiger partial charge on any atom is 0.123 e. The van der Waals surface area contributed by atoms with Gasteiger partial charge in [0.15, 0.2) is 0 Å². The Morgan fingerprint density at radius 1 is 1.15 bits per heavy atom. The van der Waals surface area contributed by atoms with Gasteiger partial charge in [-0.2, -0.15) is 0 Å². The van der Waals surface area contributed by atoms with Gasteiger partial charge >= 0.3 is 0 Å². The van der Waals surface area contributed by atoms with Gasteiger partial charge in [0.05, 0.1) is 0 Å². The van der Waals surface area contributed by atoms with Gasteiger partial charge in [0.2, 0.25) is 0 Å². The Labute approximate surface area is 129 Å². The van der Waals surface area contributed by atoms with Crippen molar-refractivity contribution in [2.24, 2.45) is 5.73 Å². The fraction of sp³-hybridized carbons (Fsp3) is 0.294. The van der Waals surface area contributed by atoms with Crippen LogP contribution in [0.3, 0.4) is 0 Å². The van der Waals surface area contributed by atoms with Crippen molar-refractivity contribution in [1.29, 1.82) is 0 Å². The van der Waals surface area contributed by atoms with Crippen molar-refractivity contribution >= 4 is 15.9 Å². The van der Waals surface area contributed by atoms with E-state index in [1.54, 1.807) is 0 Å². The van der Waals surface area contributed by atoms with E-state index >= 15 is 0 Å². The minimum absolute atomic E-state index is 0.400. The standard InChI is InChI=1S/C17H20BrNO/c1-12-3-8-16(18)9-17(12)20-11-14-4-6-15(7-5-14)13(2)10-19/h3-9,13H,10-11,19H2,1-2H3. The van der Waals surface area contributed by atoms with Crippen LogP contribution < -0.4 is 10.5 Å². The molecule has 0 aliphatic carbocycles. The highest BCUT2D eigenvalue weighted by molar-refractivity contribution is 9.10. The molecule has 2 aromatic rings. The molecule has 1 unspecified atom stereocenters. The van der Waals surface area contributed by atoms with Gasteiger partial charge in [-0.25, -0.2) is 0 Å². The third-order valence-electron chi connectivity index (χ3n) is 3.45. The molecule has 0 amide bonds. The largest absolute Gasteiger partial charge is 0.489 e. The van der Waals surface area contributed by atoms with Crippen LogP contribution in [0.5, 0.6) is 5.75 Å². The Hall–Kier alpha value is -1.32. The Balaban J connectivity index is 2.02. The summed E-state index contributed by atoms with van der Waals surface area (Å²) in [5, 5.41) is 0. The number of benzene rings is 2. The zero-order chi connectivity index (χ0) is 14.5. The topological polar surface area (TPSA) is 35.2 Å². The zero-order valence-electron chi connectivity index (χ0n) is 11.9. The van der Waals surface area contributed by atoms with Crippen molar-refractivity contribution in [3.05, 3.63) is 63.6 Å². The molecule has 0 aliphatic heterocycles. The molecule has 0 spiro atoms. The van der Waals surface area contributed by atoms with E-state index in [-0.39, 0.29) is 0 Å². The predicted octanol–water partition coefficient (Wildman–Crippen LogP) is 4.40. The number of rotatable bonds is 5. The first-order valence-corrected chi connectivity index (χ1v) is 7.57. The van der Waals surface area contributed by atoms with Gasteiger partial charge in [-0.05, 0) is 48.2 Å². The molecular formula is C17H20BrNO. The van der Waals surface area contributed by atoms with E-state index in [9.17, 15) is 0 Å². The van der Waals surface area contributed by atoms with Crippen LogP contribution >= 0.6 is 15.9 Å². The monoisotopic (exact) mass is 333 g/mol. The van der Waals surface area contributed by atoms with E-state index in [0.29, 0.717) is 19.1 Å². The highest BCUT2D eigenvalue weighted by Gasteiger charge is 2.04. The van der Waals surface area contributed by atoms with E-state index in [0.717, 1.165) is 21.3 Å². The Morgan fingerprint density at radius 3 is 2.50 bits per heavy atom. The summed E-state index contributed by atoms with van der Waals surface area (Å²) >= 11 is 3.46. The molecular weight excluding hydrogens is 314 g/mol. The van der Waals surface area contributed by atoms with Crippen LogP contribution in [0.25, 0.3) is 0 Å². The Morgan fingerprint density at radius 2 is 1.85 bits per heavy atom. The molecule has 0 heterocycles. The first kappa shape index (κ1) is 15.1. The maximum absolute atomic E-state index is 5.88. The van der Waals surface area contributed by atoms with E-state index in [2.05, 4.69) is 47.1 Å². The number of nitrogens with two attached hydrogens (primary N) is 1. The van der Waals surface area contributed by atoms with E-state index in [4.69, 9.17) is 10.5 Å². The molecule has 2 rings (SSSR count). The molecule has 20 heavy (non-hydrogen) atoms. The molecule has 0 aliphatic rings. The molecule has 3 heteroatoms. The number of ether oxygens (including phenoxy) is 1. The average Bonchev–Trinajstić information content (AvgIpc) is 2.48. The van der Waals surface area contributed by atoms with Crippen LogP contribution in [0, 0.1) is 6.92 Å². The fourth-order valence-electron chi connectivity index (χ4n) is 1.97. The zero-order valence-corrected chi connectivity index (χ0v) is 13.5. The summed E-state index contributed by atoms with van der Waals surface area (Å²) < 4.78 is 6.91. The van der Waals surface area contributed by atoms with Crippen molar-refractivity contribution in [2.45, 2.75) is 26.4 Å². The molecule has 0 saturated heterocycles. The van der Waals surface area contributed by atoms with Crippen LogP contribution in [0.2, 0.25) is 0 Å². The van der Waals surface area contributed by atoms with Gasteiger partial charge in [-0.15, -0.1) is 0 Å².